The molecule has 1 saturated carbocycles. The van der Waals surface area contributed by atoms with Crippen LogP contribution in [0.15, 0.2) is 17.5 Å². The Labute approximate surface area is 121 Å². The third kappa shape index (κ3) is 3.39. The van der Waals surface area contributed by atoms with Crippen LogP contribution in [0.5, 0.6) is 0 Å². The van der Waals surface area contributed by atoms with Crippen molar-refractivity contribution in [2.45, 2.75) is 57.1 Å². The van der Waals surface area contributed by atoms with Gasteiger partial charge in [-0.1, -0.05) is 13.0 Å². The summed E-state index contributed by atoms with van der Waals surface area (Å²) in [5, 5.41) is 12.9. The zero-order valence-electron chi connectivity index (χ0n) is 12.4. The average molecular weight is 281 g/mol. The molecule has 0 saturated heterocycles. The summed E-state index contributed by atoms with van der Waals surface area (Å²) in [5.74, 6) is 0.817. The monoisotopic (exact) mass is 281 g/mol. The van der Waals surface area contributed by atoms with Crippen LogP contribution in [0.25, 0.3) is 0 Å². The van der Waals surface area contributed by atoms with Crippen molar-refractivity contribution in [3.8, 4) is 0 Å². The van der Waals surface area contributed by atoms with Gasteiger partial charge in [0, 0.05) is 10.4 Å². The van der Waals surface area contributed by atoms with Gasteiger partial charge in [-0.2, -0.15) is 0 Å². The van der Waals surface area contributed by atoms with Crippen molar-refractivity contribution in [3.05, 3.63) is 22.4 Å². The number of hydrogen-bond acceptors (Lipinski definition) is 3. The van der Waals surface area contributed by atoms with Crippen LogP contribution in [0, 0.1) is 5.92 Å². The van der Waals surface area contributed by atoms with Gasteiger partial charge in [-0.3, -0.25) is 0 Å². The van der Waals surface area contributed by atoms with Crippen LogP contribution < -0.4 is 0 Å². The molecule has 0 radical (unpaired) electrons. The molecule has 0 aromatic carbocycles. The van der Waals surface area contributed by atoms with Crippen LogP contribution in [0.1, 0.15) is 43.9 Å². The Kier molecular flexibility index (Phi) is 5.04. The SMILES string of the molecule is CC1CCC(C(O)CCc2cccs2)(N(C)C)CC1. The summed E-state index contributed by atoms with van der Waals surface area (Å²) >= 11 is 1.79. The lowest BCUT2D eigenvalue weighted by Crippen LogP contribution is -2.55. The maximum atomic E-state index is 10.7. The minimum atomic E-state index is -0.211. The van der Waals surface area contributed by atoms with Crippen LogP contribution >= 0.6 is 11.3 Å². The zero-order valence-corrected chi connectivity index (χ0v) is 13.2. The normalized spacial score (nSPS) is 29.6. The van der Waals surface area contributed by atoms with E-state index in [-0.39, 0.29) is 11.6 Å². The summed E-state index contributed by atoms with van der Waals surface area (Å²) in [5.41, 5.74) is 0.00374. The van der Waals surface area contributed by atoms with Crippen molar-refractivity contribution >= 4 is 11.3 Å². The van der Waals surface area contributed by atoms with E-state index in [9.17, 15) is 5.11 Å². The number of nitrogens with zero attached hydrogens (tertiary/aromatic N) is 1. The highest BCUT2D eigenvalue weighted by Crippen LogP contribution is 2.39. The van der Waals surface area contributed by atoms with Crippen molar-refractivity contribution in [1.29, 1.82) is 0 Å². The first-order valence-corrected chi connectivity index (χ1v) is 8.30. The lowest BCUT2D eigenvalue weighted by molar-refractivity contribution is -0.0422. The lowest BCUT2D eigenvalue weighted by Gasteiger charge is -2.47. The molecule has 0 aliphatic heterocycles. The second kappa shape index (κ2) is 6.38. The average Bonchev–Trinajstić information content (AvgIpc) is 2.90. The lowest BCUT2D eigenvalue weighted by atomic mass is 9.72. The van der Waals surface area contributed by atoms with E-state index in [1.807, 2.05) is 0 Å². The molecule has 1 fully saturated rings. The van der Waals surface area contributed by atoms with Crippen LogP contribution in [0.2, 0.25) is 0 Å². The van der Waals surface area contributed by atoms with Crippen LogP contribution in [-0.2, 0) is 6.42 Å². The Bertz CT molecular complexity index is 366. The number of hydrogen-bond donors (Lipinski definition) is 1. The van der Waals surface area contributed by atoms with Gasteiger partial charge in [-0.15, -0.1) is 11.3 Å². The number of thiophene rings is 1. The molecule has 1 aliphatic carbocycles. The van der Waals surface area contributed by atoms with Gasteiger partial charge in [0.05, 0.1) is 6.10 Å². The van der Waals surface area contributed by atoms with Crippen molar-refractivity contribution in [2.75, 3.05) is 14.1 Å². The highest BCUT2D eigenvalue weighted by Gasteiger charge is 2.41. The van der Waals surface area contributed by atoms with E-state index in [0.29, 0.717) is 0 Å². The molecule has 1 atom stereocenters. The first kappa shape index (κ1) is 15.0. The van der Waals surface area contributed by atoms with Gasteiger partial charge in [0.15, 0.2) is 0 Å². The minimum absolute atomic E-state index is 0.00374. The molecule has 1 aromatic rings. The highest BCUT2D eigenvalue weighted by molar-refractivity contribution is 7.09. The third-order valence-corrected chi connectivity index (χ3v) is 5.83. The molecule has 2 rings (SSSR count). The van der Waals surface area contributed by atoms with Crippen molar-refractivity contribution in [3.63, 3.8) is 0 Å². The summed E-state index contributed by atoms with van der Waals surface area (Å²) in [6.07, 6.45) is 6.43. The second-order valence-electron chi connectivity index (χ2n) is 6.31. The fourth-order valence-electron chi connectivity index (χ4n) is 3.34. The van der Waals surface area contributed by atoms with Gasteiger partial charge >= 0.3 is 0 Å². The summed E-state index contributed by atoms with van der Waals surface area (Å²) in [6.45, 7) is 2.33. The van der Waals surface area contributed by atoms with Crippen LogP contribution in [0.3, 0.4) is 0 Å². The van der Waals surface area contributed by atoms with Crippen molar-refractivity contribution in [2.24, 2.45) is 5.92 Å². The maximum absolute atomic E-state index is 10.7. The molecule has 1 aromatic heterocycles. The summed E-state index contributed by atoms with van der Waals surface area (Å²) in [4.78, 5) is 3.66. The zero-order chi connectivity index (χ0) is 13.9. The van der Waals surface area contributed by atoms with E-state index in [1.165, 1.54) is 17.7 Å². The predicted molar refractivity (Wildman–Crippen MR) is 82.7 cm³/mol. The molecular weight excluding hydrogens is 254 g/mol. The Morgan fingerprint density at radius 1 is 1.42 bits per heavy atom. The van der Waals surface area contributed by atoms with E-state index in [4.69, 9.17) is 0 Å². The molecule has 3 heteroatoms. The molecule has 0 spiro atoms. The molecule has 0 amide bonds. The van der Waals surface area contributed by atoms with Gasteiger partial charge < -0.3 is 10.0 Å². The van der Waals surface area contributed by atoms with Crippen LogP contribution in [-0.4, -0.2) is 35.7 Å². The van der Waals surface area contributed by atoms with Gasteiger partial charge in [-0.05, 0) is 70.0 Å². The molecule has 19 heavy (non-hydrogen) atoms. The van der Waals surface area contributed by atoms with Gasteiger partial charge in [0.2, 0.25) is 0 Å². The fourth-order valence-corrected chi connectivity index (χ4v) is 4.07. The van der Waals surface area contributed by atoms with Gasteiger partial charge in [-0.25, -0.2) is 0 Å². The topological polar surface area (TPSA) is 23.5 Å². The fraction of sp³-hybridized carbons (Fsp3) is 0.750. The van der Waals surface area contributed by atoms with E-state index in [2.05, 4.69) is 43.4 Å². The molecule has 108 valence electrons. The van der Waals surface area contributed by atoms with Gasteiger partial charge in [0.1, 0.15) is 0 Å². The molecule has 1 heterocycles. The Hall–Kier alpha value is -0.380. The summed E-state index contributed by atoms with van der Waals surface area (Å²) < 4.78 is 0. The Morgan fingerprint density at radius 3 is 2.63 bits per heavy atom. The van der Waals surface area contributed by atoms with Crippen molar-refractivity contribution in [1.82, 2.24) is 4.90 Å². The second-order valence-corrected chi connectivity index (χ2v) is 7.35. The first-order valence-electron chi connectivity index (χ1n) is 7.42. The van der Waals surface area contributed by atoms with E-state index in [1.54, 1.807) is 11.3 Å². The minimum Gasteiger partial charge on any atom is -0.391 e. The standard InChI is InChI=1S/C16H27NOS/c1-13-8-10-16(11-9-13,17(2)3)15(18)7-6-14-5-4-12-19-14/h4-5,12-13,15,18H,6-11H2,1-3H3. The number of aliphatic hydroxyl groups excluding tert-OH is 1. The highest BCUT2D eigenvalue weighted by atomic mass is 32.1. The molecule has 1 aliphatic rings. The summed E-state index contributed by atoms with van der Waals surface area (Å²) in [7, 11) is 4.26. The quantitative estimate of drug-likeness (QED) is 0.892. The molecule has 1 unspecified atom stereocenters. The maximum Gasteiger partial charge on any atom is 0.0727 e. The molecular formula is C16H27NOS. The number of rotatable bonds is 5. The Morgan fingerprint density at radius 2 is 2.11 bits per heavy atom. The van der Waals surface area contributed by atoms with E-state index < -0.39 is 0 Å². The number of likely N-dealkylation sites (N-methyl/N-ethyl adjacent to an activating group) is 1. The number of aryl methyl sites for hydroxylation is 1. The smallest absolute Gasteiger partial charge is 0.0727 e. The molecule has 1 N–H and O–H groups in total. The Balaban J connectivity index is 1.98. The molecule has 0 bridgehead atoms. The van der Waals surface area contributed by atoms with Gasteiger partial charge in [0.25, 0.3) is 0 Å². The predicted octanol–water partition coefficient (Wildman–Crippen LogP) is 3.55. The van der Waals surface area contributed by atoms with Crippen LogP contribution in [0.4, 0.5) is 0 Å². The first-order chi connectivity index (χ1) is 9.04. The summed E-state index contributed by atoms with van der Waals surface area (Å²) in [6, 6.07) is 4.26. The van der Waals surface area contributed by atoms with E-state index in [0.717, 1.165) is 31.6 Å². The molecule has 2 nitrogen and oxygen atoms in total. The van der Waals surface area contributed by atoms with Crippen molar-refractivity contribution < 1.29 is 5.11 Å². The van der Waals surface area contributed by atoms with E-state index >= 15 is 0 Å². The largest absolute Gasteiger partial charge is 0.391 e. The third-order valence-electron chi connectivity index (χ3n) is 4.90. The number of aliphatic hydroxyl groups is 1.